The summed E-state index contributed by atoms with van der Waals surface area (Å²) in [5.41, 5.74) is 1.00. The quantitative estimate of drug-likeness (QED) is 0.887. The molecule has 1 atom stereocenters. The SMILES string of the molecule is CC1CCN(C(=O)c2ccccc2NC(=O)C2COc3ccccc3O2)CC1. The molecule has 1 unspecified atom stereocenters. The highest BCUT2D eigenvalue weighted by Crippen LogP contribution is 2.31. The molecule has 0 saturated carbocycles. The summed E-state index contributed by atoms with van der Waals surface area (Å²) in [7, 11) is 0. The zero-order valence-corrected chi connectivity index (χ0v) is 15.9. The molecular weight excluding hydrogens is 356 g/mol. The maximum Gasteiger partial charge on any atom is 0.269 e. The lowest BCUT2D eigenvalue weighted by Gasteiger charge is -2.31. The molecule has 2 amide bonds. The number of hydrogen-bond donors (Lipinski definition) is 1. The van der Waals surface area contributed by atoms with Gasteiger partial charge in [-0.15, -0.1) is 0 Å². The van der Waals surface area contributed by atoms with Crippen LogP contribution in [0.3, 0.4) is 0 Å². The lowest BCUT2D eigenvalue weighted by molar-refractivity contribution is -0.125. The van der Waals surface area contributed by atoms with Gasteiger partial charge in [0.05, 0.1) is 11.3 Å². The van der Waals surface area contributed by atoms with Gasteiger partial charge in [0.2, 0.25) is 6.10 Å². The predicted octanol–water partition coefficient (Wildman–Crippen LogP) is 3.34. The molecule has 28 heavy (non-hydrogen) atoms. The zero-order chi connectivity index (χ0) is 19.5. The number of para-hydroxylation sites is 3. The maximum absolute atomic E-state index is 13.0. The van der Waals surface area contributed by atoms with Crippen LogP contribution in [0.4, 0.5) is 5.69 Å². The molecule has 2 aliphatic heterocycles. The van der Waals surface area contributed by atoms with Crippen molar-refractivity contribution in [3.8, 4) is 11.5 Å². The minimum Gasteiger partial charge on any atom is -0.485 e. The van der Waals surface area contributed by atoms with E-state index in [-0.39, 0.29) is 18.4 Å². The van der Waals surface area contributed by atoms with Gasteiger partial charge in [-0.2, -0.15) is 0 Å². The number of rotatable bonds is 3. The molecule has 2 aromatic carbocycles. The molecule has 6 heteroatoms. The molecule has 1 fully saturated rings. The van der Waals surface area contributed by atoms with Crippen molar-refractivity contribution in [2.24, 2.45) is 5.92 Å². The third-order valence-corrected chi connectivity index (χ3v) is 5.29. The number of benzene rings is 2. The number of piperidine rings is 1. The number of carbonyl (C=O) groups is 2. The van der Waals surface area contributed by atoms with E-state index in [4.69, 9.17) is 9.47 Å². The molecule has 0 bridgehead atoms. The summed E-state index contributed by atoms with van der Waals surface area (Å²) in [5.74, 6) is 1.43. The minimum absolute atomic E-state index is 0.0473. The number of nitrogens with zero attached hydrogens (tertiary/aromatic N) is 1. The average molecular weight is 380 g/mol. The number of fused-ring (bicyclic) bond motifs is 1. The van der Waals surface area contributed by atoms with E-state index in [1.54, 1.807) is 30.3 Å². The second kappa shape index (κ2) is 7.92. The van der Waals surface area contributed by atoms with E-state index < -0.39 is 6.10 Å². The highest BCUT2D eigenvalue weighted by atomic mass is 16.6. The first-order chi connectivity index (χ1) is 13.6. The summed E-state index contributed by atoms with van der Waals surface area (Å²) < 4.78 is 11.4. The molecule has 146 valence electrons. The maximum atomic E-state index is 13.0. The molecule has 1 saturated heterocycles. The van der Waals surface area contributed by atoms with Gasteiger partial charge >= 0.3 is 0 Å². The number of amides is 2. The van der Waals surface area contributed by atoms with Crippen molar-refractivity contribution in [1.29, 1.82) is 0 Å². The third-order valence-electron chi connectivity index (χ3n) is 5.29. The normalized spacial score (nSPS) is 19.2. The van der Waals surface area contributed by atoms with Gasteiger partial charge in [0, 0.05) is 13.1 Å². The first kappa shape index (κ1) is 18.3. The van der Waals surface area contributed by atoms with Crippen molar-refractivity contribution in [3.63, 3.8) is 0 Å². The number of likely N-dealkylation sites (tertiary alicyclic amines) is 1. The van der Waals surface area contributed by atoms with Crippen LogP contribution < -0.4 is 14.8 Å². The van der Waals surface area contributed by atoms with E-state index >= 15 is 0 Å². The first-order valence-electron chi connectivity index (χ1n) is 9.69. The van der Waals surface area contributed by atoms with Gasteiger partial charge < -0.3 is 19.7 Å². The minimum atomic E-state index is -0.770. The monoisotopic (exact) mass is 380 g/mol. The van der Waals surface area contributed by atoms with Crippen molar-refractivity contribution in [2.75, 3.05) is 25.0 Å². The molecule has 0 radical (unpaired) electrons. The van der Waals surface area contributed by atoms with Crippen molar-refractivity contribution >= 4 is 17.5 Å². The number of nitrogens with one attached hydrogen (secondary N) is 1. The van der Waals surface area contributed by atoms with Gasteiger partial charge in [-0.05, 0) is 43.0 Å². The molecule has 4 rings (SSSR count). The van der Waals surface area contributed by atoms with Gasteiger partial charge in [-0.1, -0.05) is 31.2 Å². The highest BCUT2D eigenvalue weighted by Gasteiger charge is 2.29. The second-order valence-electron chi connectivity index (χ2n) is 7.37. The molecule has 2 heterocycles. The summed E-state index contributed by atoms with van der Waals surface area (Å²) in [6, 6.07) is 14.4. The van der Waals surface area contributed by atoms with Gasteiger partial charge in [0.15, 0.2) is 11.5 Å². The Morgan fingerprint density at radius 1 is 1.00 bits per heavy atom. The molecule has 2 aliphatic rings. The van der Waals surface area contributed by atoms with Crippen LogP contribution in [0.1, 0.15) is 30.1 Å². The average Bonchev–Trinajstić information content (AvgIpc) is 2.74. The van der Waals surface area contributed by atoms with Crippen molar-refractivity contribution in [3.05, 3.63) is 54.1 Å². The van der Waals surface area contributed by atoms with Gasteiger partial charge in [0.1, 0.15) is 6.61 Å². The topological polar surface area (TPSA) is 67.9 Å². The first-order valence-corrected chi connectivity index (χ1v) is 9.69. The van der Waals surface area contributed by atoms with Crippen LogP contribution >= 0.6 is 0 Å². The number of carbonyl (C=O) groups excluding carboxylic acids is 2. The van der Waals surface area contributed by atoms with Crippen LogP contribution in [0.25, 0.3) is 0 Å². The summed E-state index contributed by atoms with van der Waals surface area (Å²) in [4.78, 5) is 27.6. The lowest BCUT2D eigenvalue weighted by Crippen LogP contribution is -2.41. The summed E-state index contributed by atoms with van der Waals surface area (Å²) in [6.07, 6.45) is 1.24. The summed E-state index contributed by atoms with van der Waals surface area (Å²) >= 11 is 0. The fourth-order valence-corrected chi connectivity index (χ4v) is 3.52. The number of hydrogen-bond acceptors (Lipinski definition) is 4. The zero-order valence-electron chi connectivity index (χ0n) is 15.9. The van der Waals surface area contributed by atoms with E-state index in [1.807, 2.05) is 23.1 Å². The summed E-state index contributed by atoms with van der Waals surface area (Å²) in [5, 5.41) is 2.85. The van der Waals surface area contributed by atoms with Crippen LogP contribution in [0.2, 0.25) is 0 Å². The fourth-order valence-electron chi connectivity index (χ4n) is 3.52. The van der Waals surface area contributed by atoms with E-state index in [9.17, 15) is 9.59 Å². The van der Waals surface area contributed by atoms with E-state index in [0.29, 0.717) is 28.7 Å². The fraction of sp³-hybridized carbons (Fsp3) is 0.364. The highest BCUT2D eigenvalue weighted by molar-refractivity contribution is 6.04. The molecule has 0 spiro atoms. The number of anilines is 1. The standard InChI is InChI=1S/C22H24N2O4/c1-15-10-12-24(13-11-15)22(26)16-6-2-3-7-17(16)23-21(25)20-14-27-18-8-4-5-9-19(18)28-20/h2-9,15,20H,10-14H2,1H3,(H,23,25). The Balaban J connectivity index is 1.47. The summed E-state index contributed by atoms with van der Waals surface area (Å²) in [6.45, 7) is 3.83. The Hall–Kier alpha value is -3.02. The van der Waals surface area contributed by atoms with Crippen molar-refractivity contribution in [2.45, 2.75) is 25.9 Å². The van der Waals surface area contributed by atoms with Crippen molar-refractivity contribution in [1.82, 2.24) is 4.90 Å². The van der Waals surface area contributed by atoms with Crippen LogP contribution in [0.5, 0.6) is 11.5 Å². The Kier molecular flexibility index (Phi) is 5.19. The van der Waals surface area contributed by atoms with Crippen LogP contribution in [-0.2, 0) is 4.79 Å². The van der Waals surface area contributed by atoms with Gasteiger partial charge in [0.25, 0.3) is 11.8 Å². The lowest BCUT2D eigenvalue weighted by atomic mass is 9.98. The third kappa shape index (κ3) is 3.81. The molecular formula is C22H24N2O4. The van der Waals surface area contributed by atoms with E-state index in [0.717, 1.165) is 25.9 Å². The van der Waals surface area contributed by atoms with E-state index in [1.165, 1.54) is 0 Å². The second-order valence-corrected chi connectivity index (χ2v) is 7.37. The largest absolute Gasteiger partial charge is 0.485 e. The Labute approximate surface area is 164 Å². The van der Waals surface area contributed by atoms with Gasteiger partial charge in [-0.3, -0.25) is 9.59 Å². The molecule has 6 nitrogen and oxygen atoms in total. The molecule has 0 aromatic heterocycles. The van der Waals surface area contributed by atoms with E-state index in [2.05, 4.69) is 12.2 Å². The Morgan fingerprint density at radius 2 is 1.68 bits per heavy atom. The van der Waals surface area contributed by atoms with Crippen LogP contribution in [0, 0.1) is 5.92 Å². The Morgan fingerprint density at radius 3 is 2.46 bits per heavy atom. The van der Waals surface area contributed by atoms with Gasteiger partial charge in [-0.25, -0.2) is 0 Å². The Bertz CT molecular complexity index is 874. The number of ether oxygens (including phenoxy) is 2. The predicted molar refractivity (Wildman–Crippen MR) is 106 cm³/mol. The molecule has 0 aliphatic carbocycles. The molecule has 1 N–H and O–H groups in total. The smallest absolute Gasteiger partial charge is 0.269 e. The van der Waals surface area contributed by atoms with Crippen LogP contribution in [0.15, 0.2) is 48.5 Å². The van der Waals surface area contributed by atoms with Crippen molar-refractivity contribution < 1.29 is 19.1 Å². The molecule has 2 aromatic rings. The van der Waals surface area contributed by atoms with Crippen LogP contribution in [-0.4, -0.2) is 42.5 Å².